The molecule has 2 heterocycles. The number of halogens is 1. The normalized spacial score (nSPS) is 16.6. The van der Waals surface area contributed by atoms with Gasteiger partial charge in [-0.1, -0.05) is 36.7 Å². The fourth-order valence-electron chi connectivity index (χ4n) is 3.80. The van der Waals surface area contributed by atoms with Crippen molar-refractivity contribution in [2.24, 2.45) is 0 Å². The second kappa shape index (κ2) is 8.32. The fourth-order valence-corrected chi connectivity index (χ4v) is 4.01. The third kappa shape index (κ3) is 3.59. The van der Waals surface area contributed by atoms with Crippen molar-refractivity contribution in [1.82, 2.24) is 4.90 Å². The average molecular weight is 424 g/mol. The van der Waals surface area contributed by atoms with Crippen molar-refractivity contribution < 1.29 is 14.4 Å². The van der Waals surface area contributed by atoms with Crippen molar-refractivity contribution in [2.75, 3.05) is 23.3 Å². The summed E-state index contributed by atoms with van der Waals surface area (Å²) in [7, 11) is 0. The summed E-state index contributed by atoms with van der Waals surface area (Å²) in [6, 6.07) is 14.1. The predicted molar refractivity (Wildman–Crippen MR) is 116 cm³/mol. The molecule has 0 saturated carbocycles. The van der Waals surface area contributed by atoms with Crippen LogP contribution in [0.5, 0.6) is 0 Å². The van der Waals surface area contributed by atoms with Gasteiger partial charge in [0.05, 0.1) is 5.69 Å². The number of likely N-dealkylation sites (tertiary alicyclic amines) is 1. The van der Waals surface area contributed by atoms with Crippen LogP contribution >= 0.6 is 11.6 Å². The molecule has 1 N–H and O–H groups in total. The van der Waals surface area contributed by atoms with Crippen LogP contribution in [0.25, 0.3) is 0 Å². The van der Waals surface area contributed by atoms with Crippen LogP contribution in [0.3, 0.4) is 0 Å². The molecule has 2 aromatic rings. The Bertz CT molecular complexity index is 1040. The number of hydrogen-bond acceptors (Lipinski definition) is 4. The van der Waals surface area contributed by atoms with E-state index in [0.29, 0.717) is 23.4 Å². The van der Waals surface area contributed by atoms with E-state index < -0.39 is 11.8 Å². The molecule has 4 rings (SSSR count). The smallest absolute Gasteiger partial charge is 0.283 e. The van der Waals surface area contributed by atoms with E-state index in [-0.39, 0.29) is 16.6 Å². The number of carbonyl (C=O) groups is 3. The lowest BCUT2D eigenvalue weighted by atomic mass is 10.1. The van der Waals surface area contributed by atoms with Gasteiger partial charge in [-0.3, -0.25) is 14.4 Å². The predicted octanol–water partition coefficient (Wildman–Crippen LogP) is 3.92. The molecule has 0 unspecified atom stereocenters. The number of benzene rings is 2. The number of nitrogens with zero attached hydrogens (tertiary/aromatic N) is 2. The van der Waals surface area contributed by atoms with Crippen molar-refractivity contribution in [3.63, 3.8) is 0 Å². The molecule has 0 bridgehead atoms. The van der Waals surface area contributed by atoms with Gasteiger partial charge in [-0.25, -0.2) is 4.90 Å². The lowest BCUT2D eigenvalue weighted by Gasteiger charge is -2.18. The average Bonchev–Trinajstić information content (AvgIpc) is 3.38. The Balaban J connectivity index is 1.54. The molecule has 0 aliphatic carbocycles. The van der Waals surface area contributed by atoms with E-state index in [1.807, 2.05) is 24.0 Å². The maximum atomic E-state index is 13.0. The second-order valence-corrected chi connectivity index (χ2v) is 7.70. The SMILES string of the molecule is CCc1ccccc1N1C(=O)C(Cl)=C(Nc2ccc(C(=O)N3CCCC3)cc2)C1=O. The van der Waals surface area contributed by atoms with Gasteiger partial charge in [-0.15, -0.1) is 0 Å². The van der Waals surface area contributed by atoms with Crippen molar-refractivity contribution in [1.29, 1.82) is 0 Å². The van der Waals surface area contributed by atoms with Gasteiger partial charge < -0.3 is 10.2 Å². The fraction of sp³-hybridized carbons (Fsp3) is 0.261. The Morgan fingerprint density at radius 2 is 1.67 bits per heavy atom. The maximum Gasteiger partial charge on any atom is 0.283 e. The summed E-state index contributed by atoms with van der Waals surface area (Å²) in [5.41, 5.74) is 2.63. The molecule has 0 spiro atoms. The molecule has 154 valence electrons. The summed E-state index contributed by atoms with van der Waals surface area (Å²) in [4.78, 5) is 41.1. The van der Waals surface area contributed by atoms with Gasteiger partial charge in [-0.2, -0.15) is 0 Å². The summed E-state index contributed by atoms with van der Waals surface area (Å²) in [6.07, 6.45) is 2.75. The van der Waals surface area contributed by atoms with E-state index in [4.69, 9.17) is 11.6 Å². The molecule has 2 aromatic carbocycles. The Hall–Kier alpha value is -3.12. The molecular weight excluding hydrogens is 402 g/mol. The molecule has 0 radical (unpaired) electrons. The van der Waals surface area contributed by atoms with E-state index in [0.717, 1.165) is 36.4 Å². The van der Waals surface area contributed by atoms with Gasteiger partial charge in [0.15, 0.2) is 0 Å². The molecule has 6 nitrogen and oxygen atoms in total. The first-order chi connectivity index (χ1) is 14.5. The van der Waals surface area contributed by atoms with Crippen molar-refractivity contribution in [3.05, 3.63) is 70.4 Å². The van der Waals surface area contributed by atoms with E-state index in [1.54, 1.807) is 36.4 Å². The monoisotopic (exact) mass is 423 g/mol. The Kier molecular flexibility index (Phi) is 5.59. The number of carbonyl (C=O) groups excluding carboxylic acids is 3. The van der Waals surface area contributed by atoms with Crippen molar-refractivity contribution in [3.8, 4) is 0 Å². The highest BCUT2D eigenvalue weighted by Crippen LogP contribution is 2.32. The number of anilines is 2. The molecule has 7 heteroatoms. The number of imide groups is 1. The Labute approximate surface area is 180 Å². The quantitative estimate of drug-likeness (QED) is 0.740. The van der Waals surface area contributed by atoms with Gasteiger partial charge in [0.25, 0.3) is 17.7 Å². The Morgan fingerprint density at radius 3 is 2.33 bits per heavy atom. The van der Waals surface area contributed by atoms with Gasteiger partial charge in [0.1, 0.15) is 10.7 Å². The van der Waals surface area contributed by atoms with E-state index in [9.17, 15) is 14.4 Å². The molecule has 0 aromatic heterocycles. The van der Waals surface area contributed by atoms with Gasteiger partial charge in [0, 0.05) is 24.3 Å². The van der Waals surface area contributed by atoms with Crippen LogP contribution in [0, 0.1) is 0 Å². The zero-order valence-corrected chi connectivity index (χ0v) is 17.4. The number of nitrogens with one attached hydrogen (secondary N) is 1. The zero-order valence-electron chi connectivity index (χ0n) is 16.7. The van der Waals surface area contributed by atoms with Crippen molar-refractivity contribution >= 4 is 40.7 Å². The summed E-state index contributed by atoms with van der Waals surface area (Å²) in [5, 5.41) is 2.80. The van der Waals surface area contributed by atoms with Crippen LogP contribution in [0.4, 0.5) is 11.4 Å². The minimum atomic E-state index is -0.550. The van der Waals surface area contributed by atoms with Crippen LogP contribution in [-0.4, -0.2) is 35.7 Å². The van der Waals surface area contributed by atoms with Crippen LogP contribution in [0.1, 0.15) is 35.7 Å². The minimum Gasteiger partial charge on any atom is -0.350 e. The van der Waals surface area contributed by atoms with Gasteiger partial charge in [-0.05, 0) is 55.2 Å². The molecule has 0 atom stereocenters. The van der Waals surface area contributed by atoms with E-state index >= 15 is 0 Å². The minimum absolute atomic E-state index is 0.00534. The maximum absolute atomic E-state index is 13.0. The number of amides is 3. The van der Waals surface area contributed by atoms with Gasteiger partial charge >= 0.3 is 0 Å². The van der Waals surface area contributed by atoms with E-state index in [1.165, 1.54) is 0 Å². The third-order valence-corrected chi connectivity index (χ3v) is 5.79. The lowest BCUT2D eigenvalue weighted by Crippen LogP contribution is -2.33. The number of hydrogen-bond donors (Lipinski definition) is 1. The number of aryl methyl sites for hydroxylation is 1. The summed E-state index contributed by atoms with van der Waals surface area (Å²) < 4.78 is 0. The Morgan fingerprint density at radius 1 is 1.00 bits per heavy atom. The number of para-hydroxylation sites is 1. The van der Waals surface area contributed by atoms with Crippen LogP contribution in [0.15, 0.2) is 59.3 Å². The van der Waals surface area contributed by atoms with Crippen molar-refractivity contribution in [2.45, 2.75) is 26.2 Å². The first-order valence-electron chi connectivity index (χ1n) is 10.0. The third-order valence-electron chi connectivity index (χ3n) is 5.44. The largest absolute Gasteiger partial charge is 0.350 e. The molecular formula is C23H22ClN3O3. The summed E-state index contributed by atoms with van der Waals surface area (Å²) >= 11 is 6.23. The van der Waals surface area contributed by atoms with Crippen LogP contribution in [0.2, 0.25) is 0 Å². The highest BCUT2D eigenvalue weighted by molar-refractivity contribution is 6.53. The molecule has 1 fully saturated rings. The molecule has 3 amide bonds. The van der Waals surface area contributed by atoms with E-state index in [2.05, 4.69) is 5.32 Å². The topological polar surface area (TPSA) is 69.7 Å². The number of rotatable bonds is 5. The zero-order chi connectivity index (χ0) is 21.3. The molecule has 2 aliphatic rings. The second-order valence-electron chi connectivity index (χ2n) is 7.32. The highest BCUT2D eigenvalue weighted by Gasteiger charge is 2.39. The standard InChI is InChI=1S/C23H22ClN3O3/c1-2-15-7-3-4-8-18(15)27-22(29)19(24)20(23(27)30)25-17-11-9-16(10-12-17)21(28)26-13-5-6-14-26/h3-4,7-12,25H,2,5-6,13-14H2,1H3. The summed E-state index contributed by atoms with van der Waals surface area (Å²) in [5.74, 6) is -1.04. The molecule has 1 saturated heterocycles. The first-order valence-corrected chi connectivity index (χ1v) is 10.4. The summed E-state index contributed by atoms with van der Waals surface area (Å²) in [6.45, 7) is 3.53. The van der Waals surface area contributed by atoms with Crippen LogP contribution < -0.4 is 10.2 Å². The highest BCUT2D eigenvalue weighted by atomic mass is 35.5. The van der Waals surface area contributed by atoms with Gasteiger partial charge in [0.2, 0.25) is 0 Å². The molecule has 30 heavy (non-hydrogen) atoms. The molecule has 2 aliphatic heterocycles. The lowest BCUT2D eigenvalue weighted by molar-refractivity contribution is -0.120. The van der Waals surface area contributed by atoms with Crippen LogP contribution in [-0.2, 0) is 16.0 Å². The first kappa shape index (κ1) is 20.2.